The standard InChI is InChI=1S/C13H9Br2ClN2O/c14-8-3-7(4-9(15)5-8)13(19)18-12-6-10(16)1-2-11(12)17/h1-6H,17H2,(H,18,19). The summed E-state index contributed by atoms with van der Waals surface area (Å²) in [5.74, 6) is -0.254. The normalized spacial score (nSPS) is 10.3. The minimum absolute atomic E-state index is 0.254. The molecule has 0 bridgehead atoms. The highest BCUT2D eigenvalue weighted by Crippen LogP contribution is 2.25. The molecule has 0 aromatic heterocycles. The lowest BCUT2D eigenvalue weighted by atomic mass is 10.2. The van der Waals surface area contributed by atoms with E-state index in [4.69, 9.17) is 17.3 Å². The fraction of sp³-hybridized carbons (Fsp3) is 0. The van der Waals surface area contributed by atoms with Crippen molar-refractivity contribution in [2.75, 3.05) is 11.1 Å². The molecule has 2 rings (SSSR count). The Labute approximate surface area is 132 Å². The van der Waals surface area contributed by atoms with Gasteiger partial charge in [0.25, 0.3) is 5.91 Å². The first kappa shape index (κ1) is 14.4. The molecule has 0 aliphatic heterocycles. The van der Waals surface area contributed by atoms with Gasteiger partial charge < -0.3 is 11.1 Å². The number of nitrogens with two attached hydrogens (primary N) is 1. The molecule has 0 atom stereocenters. The summed E-state index contributed by atoms with van der Waals surface area (Å²) in [4.78, 5) is 12.1. The molecule has 3 nitrogen and oxygen atoms in total. The Morgan fingerprint density at radius 2 is 1.74 bits per heavy atom. The lowest BCUT2D eigenvalue weighted by Crippen LogP contribution is -2.13. The van der Waals surface area contributed by atoms with Crippen LogP contribution in [-0.4, -0.2) is 5.91 Å². The lowest BCUT2D eigenvalue weighted by Gasteiger charge is -2.09. The van der Waals surface area contributed by atoms with E-state index in [-0.39, 0.29) is 5.91 Å². The van der Waals surface area contributed by atoms with Gasteiger partial charge in [-0.15, -0.1) is 0 Å². The van der Waals surface area contributed by atoms with Crippen molar-refractivity contribution in [1.29, 1.82) is 0 Å². The molecule has 0 spiro atoms. The first-order valence-electron chi connectivity index (χ1n) is 5.28. The molecule has 98 valence electrons. The zero-order chi connectivity index (χ0) is 14.0. The number of nitrogen functional groups attached to an aromatic ring is 1. The summed E-state index contributed by atoms with van der Waals surface area (Å²) >= 11 is 12.5. The number of carbonyl (C=O) groups is 1. The van der Waals surface area contributed by atoms with Crippen molar-refractivity contribution in [1.82, 2.24) is 0 Å². The van der Waals surface area contributed by atoms with Crippen LogP contribution in [-0.2, 0) is 0 Å². The molecular weight excluding hydrogens is 395 g/mol. The zero-order valence-corrected chi connectivity index (χ0v) is 13.5. The molecule has 2 aromatic carbocycles. The smallest absolute Gasteiger partial charge is 0.255 e. The summed E-state index contributed by atoms with van der Waals surface area (Å²) < 4.78 is 1.62. The number of halogens is 3. The molecule has 0 unspecified atom stereocenters. The van der Waals surface area contributed by atoms with Gasteiger partial charge >= 0.3 is 0 Å². The van der Waals surface area contributed by atoms with E-state index in [2.05, 4.69) is 37.2 Å². The fourth-order valence-corrected chi connectivity index (χ4v) is 2.98. The van der Waals surface area contributed by atoms with Crippen molar-refractivity contribution in [2.24, 2.45) is 0 Å². The third-order valence-electron chi connectivity index (χ3n) is 2.39. The van der Waals surface area contributed by atoms with Crippen LogP contribution in [0.15, 0.2) is 45.3 Å². The Balaban J connectivity index is 2.28. The van der Waals surface area contributed by atoms with Crippen LogP contribution in [0, 0.1) is 0 Å². The van der Waals surface area contributed by atoms with Crippen molar-refractivity contribution in [3.63, 3.8) is 0 Å². The Morgan fingerprint density at radius 3 is 2.37 bits per heavy atom. The average Bonchev–Trinajstić information content (AvgIpc) is 2.32. The largest absolute Gasteiger partial charge is 0.397 e. The van der Waals surface area contributed by atoms with Gasteiger partial charge in [0.1, 0.15) is 0 Å². The molecule has 0 saturated carbocycles. The molecule has 0 heterocycles. The molecule has 0 radical (unpaired) electrons. The Morgan fingerprint density at radius 1 is 1.11 bits per heavy atom. The van der Waals surface area contributed by atoms with E-state index in [1.807, 2.05) is 6.07 Å². The van der Waals surface area contributed by atoms with Gasteiger partial charge in [0.05, 0.1) is 11.4 Å². The van der Waals surface area contributed by atoms with Crippen molar-refractivity contribution in [2.45, 2.75) is 0 Å². The molecule has 0 aliphatic carbocycles. The molecule has 3 N–H and O–H groups in total. The second-order valence-electron chi connectivity index (χ2n) is 3.84. The van der Waals surface area contributed by atoms with E-state index in [0.717, 1.165) is 8.95 Å². The van der Waals surface area contributed by atoms with Crippen LogP contribution in [0.5, 0.6) is 0 Å². The third kappa shape index (κ3) is 3.72. The SMILES string of the molecule is Nc1ccc(Cl)cc1NC(=O)c1cc(Br)cc(Br)c1. The number of anilines is 2. The number of hydrogen-bond acceptors (Lipinski definition) is 2. The van der Waals surface area contributed by atoms with Crippen LogP contribution in [0.25, 0.3) is 0 Å². The van der Waals surface area contributed by atoms with Crippen LogP contribution in [0.3, 0.4) is 0 Å². The second-order valence-corrected chi connectivity index (χ2v) is 6.11. The summed E-state index contributed by atoms with van der Waals surface area (Å²) in [7, 11) is 0. The van der Waals surface area contributed by atoms with E-state index >= 15 is 0 Å². The minimum atomic E-state index is -0.254. The van der Waals surface area contributed by atoms with Gasteiger partial charge in [0.15, 0.2) is 0 Å². The van der Waals surface area contributed by atoms with E-state index in [0.29, 0.717) is 22.0 Å². The van der Waals surface area contributed by atoms with Crippen LogP contribution in [0.2, 0.25) is 5.02 Å². The fourth-order valence-electron chi connectivity index (χ4n) is 1.52. The summed E-state index contributed by atoms with van der Waals surface area (Å²) in [6, 6.07) is 10.2. The summed E-state index contributed by atoms with van der Waals surface area (Å²) in [6.45, 7) is 0. The Kier molecular flexibility index (Phi) is 4.50. The highest BCUT2D eigenvalue weighted by Gasteiger charge is 2.10. The average molecular weight is 404 g/mol. The van der Waals surface area contributed by atoms with Gasteiger partial charge in [-0.25, -0.2) is 0 Å². The second kappa shape index (κ2) is 5.94. The first-order chi connectivity index (χ1) is 8.95. The molecule has 0 fully saturated rings. The minimum Gasteiger partial charge on any atom is -0.397 e. The van der Waals surface area contributed by atoms with Crippen LogP contribution in [0.4, 0.5) is 11.4 Å². The molecular formula is C13H9Br2ClN2O. The molecule has 0 aliphatic rings. The van der Waals surface area contributed by atoms with Crippen molar-refractivity contribution in [3.8, 4) is 0 Å². The zero-order valence-electron chi connectivity index (χ0n) is 9.58. The molecule has 6 heteroatoms. The van der Waals surface area contributed by atoms with Crippen LogP contribution < -0.4 is 11.1 Å². The molecule has 19 heavy (non-hydrogen) atoms. The van der Waals surface area contributed by atoms with Gasteiger partial charge in [0.2, 0.25) is 0 Å². The van der Waals surface area contributed by atoms with E-state index in [1.54, 1.807) is 30.3 Å². The summed E-state index contributed by atoms with van der Waals surface area (Å²) in [5, 5.41) is 3.25. The molecule has 0 saturated heterocycles. The number of benzene rings is 2. The third-order valence-corrected chi connectivity index (χ3v) is 3.54. The number of hydrogen-bond donors (Lipinski definition) is 2. The topological polar surface area (TPSA) is 55.1 Å². The highest BCUT2D eigenvalue weighted by atomic mass is 79.9. The van der Waals surface area contributed by atoms with Gasteiger partial charge in [-0.05, 0) is 36.4 Å². The van der Waals surface area contributed by atoms with Gasteiger partial charge in [0, 0.05) is 19.5 Å². The van der Waals surface area contributed by atoms with Crippen LogP contribution in [0.1, 0.15) is 10.4 Å². The maximum absolute atomic E-state index is 12.1. The highest BCUT2D eigenvalue weighted by molar-refractivity contribution is 9.11. The van der Waals surface area contributed by atoms with E-state index in [9.17, 15) is 4.79 Å². The summed E-state index contributed by atoms with van der Waals surface area (Å²) in [5.41, 5.74) is 7.26. The van der Waals surface area contributed by atoms with Crippen molar-refractivity contribution in [3.05, 3.63) is 55.9 Å². The maximum Gasteiger partial charge on any atom is 0.255 e. The Hall–Kier alpha value is -1.04. The monoisotopic (exact) mass is 402 g/mol. The van der Waals surface area contributed by atoms with E-state index < -0.39 is 0 Å². The first-order valence-corrected chi connectivity index (χ1v) is 7.24. The van der Waals surface area contributed by atoms with Crippen LogP contribution >= 0.6 is 43.5 Å². The summed E-state index contributed by atoms with van der Waals surface area (Å²) in [6.07, 6.45) is 0. The number of amides is 1. The van der Waals surface area contributed by atoms with Gasteiger partial charge in [-0.3, -0.25) is 4.79 Å². The quantitative estimate of drug-likeness (QED) is 0.713. The molecule has 2 aromatic rings. The van der Waals surface area contributed by atoms with E-state index in [1.165, 1.54) is 0 Å². The van der Waals surface area contributed by atoms with Crippen molar-refractivity contribution >= 4 is 60.7 Å². The Bertz CT molecular complexity index is 626. The predicted octanol–water partition coefficient (Wildman–Crippen LogP) is 4.70. The lowest BCUT2D eigenvalue weighted by molar-refractivity contribution is 0.102. The maximum atomic E-state index is 12.1. The number of carbonyl (C=O) groups excluding carboxylic acids is 1. The number of rotatable bonds is 2. The van der Waals surface area contributed by atoms with Crippen molar-refractivity contribution < 1.29 is 4.79 Å². The molecule has 1 amide bonds. The predicted molar refractivity (Wildman–Crippen MR) is 85.7 cm³/mol. The van der Waals surface area contributed by atoms with Gasteiger partial charge in [-0.2, -0.15) is 0 Å². The van der Waals surface area contributed by atoms with Gasteiger partial charge in [-0.1, -0.05) is 43.5 Å². The number of nitrogens with one attached hydrogen (secondary N) is 1.